The average molecular weight is 548 g/mol. The first-order valence-electron chi connectivity index (χ1n) is 12.5. The number of nitrogens with two attached hydrogens (primary N) is 1. The number of fused-ring (bicyclic) bond motifs is 1. The van der Waals surface area contributed by atoms with Gasteiger partial charge >= 0.3 is 13.6 Å². The molecule has 0 spiro atoms. The predicted molar refractivity (Wildman–Crippen MR) is 143 cm³/mol. The van der Waals surface area contributed by atoms with Crippen LogP contribution in [-0.2, 0) is 31.2 Å². The lowest BCUT2D eigenvalue weighted by molar-refractivity contribution is -0.139. The molecule has 1 atom stereocenters. The zero-order chi connectivity index (χ0) is 27.7. The van der Waals surface area contributed by atoms with Crippen LogP contribution in [0.5, 0.6) is 0 Å². The Labute approximate surface area is 219 Å². The normalized spacial score (nSPS) is 12.5. The van der Waals surface area contributed by atoms with E-state index < -0.39 is 25.5 Å². The number of carbonyl (C=O) groups is 2. The number of carboxylic acids is 1. The molecule has 38 heavy (non-hydrogen) atoms. The average Bonchev–Trinajstić information content (AvgIpc) is 3.28. The molecule has 0 aliphatic heterocycles. The summed E-state index contributed by atoms with van der Waals surface area (Å²) in [4.78, 5) is 46.0. The van der Waals surface area contributed by atoms with Crippen LogP contribution in [-0.4, -0.2) is 57.4 Å². The molecule has 0 aliphatic carbocycles. The maximum atomic E-state index is 12.7. The molecule has 0 unspecified atom stereocenters. The SMILES string of the molecule is CCOP(=O)(CCCC[C@H](NC(=O)c1ccc(CCc2cc3c(=O)[nH]c(N)nc3[nH]2)cc1)C(=O)O)OCC. The number of rotatable bonds is 15. The van der Waals surface area contributed by atoms with Crippen LogP contribution in [0.3, 0.4) is 0 Å². The Hall–Kier alpha value is -3.47. The molecule has 2 aromatic heterocycles. The number of nitrogens with zero attached hydrogens (tertiary/aromatic N) is 1. The molecule has 3 rings (SSSR count). The van der Waals surface area contributed by atoms with E-state index in [0.29, 0.717) is 42.3 Å². The summed E-state index contributed by atoms with van der Waals surface area (Å²) in [5.41, 5.74) is 7.84. The van der Waals surface area contributed by atoms with Crippen LogP contribution in [0.25, 0.3) is 11.0 Å². The van der Waals surface area contributed by atoms with Crippen molar-refractivity contribution in [3.63, 3.8) is 0 Å². The molecule has 0 aliphatic rings. The quantitative estimate of drug-likeness (QED) is 0.140. The first kappa shape index (κ1) is 29.1. The lowest BCUT2D eigenvalue weighted by Gasteiger charge is -2.18. The fraction of sp³-hybridized carbons (Fsp3) is 0.440. The second-order valence-corrected chi connectivity index (χ2v) is 10.9. The number of carbonyl (C=O) groups excluding carboxylic acids is 1. The van der Waals surface area contributed by atoms with Gasteiger partial charge in [0, 0.05) is 11.3 Å². The van der Waals surface area contributed by atoms with Crippen molar-refractivity contribution in [1.29, 1.82) is 0 Å². The summed E-state index contributed by atoms with van der Waals surface area (Å²) in [6, 6.07) is 7.55. The smallest absolute Gasteiger partial charge is 0.330 e. The summed E-state index contributed by atoms with van der Waals surface area (Å²) in [6.07, 6.45) is 2.51. The molecule has 0 bridgehead atoms. The van der Waals surface area contributed by atoms with Gasteiger partial charge in [-0.2, -0.15) is 4.98 Å². The predicted octanol–water partition coefficient (Wildman–Crippen LogP) is 3.24. The Morgan fingerprint density at radius 1 is 1.11 bits per heavy atom. The van der Waals surface area contributed by atoms with Crippen LogP contribution in [0.4, 0.5) is 5.95 Å². The van der Waals surface area contributed by atoms with E-state index in [-0.39, 0.29) is 37.3 Å². The second kappa shape index (κ2) is 13.4. The van der Waals surface area contributed by atoms with Gasteiger partial charge < -0.3 is 30.2 Å². The van der Waals surface area contributed by atoms with Gasteiger partial charge in [0.1, 0.15) is 11.7 Å². The molecular weight excluding hydrogens is 513 g/mol. The van der Waals surface area contributed by atoms with E-state index in [0.717, 1.165) is 11.3 Å². The van der Waals surface area contributed by atoms with Gasteiger partial charge in [-0.3, -0.25) is 19.1 Å². The van der Waals surface area contributed by atoms with Crippen molar-refractivity contribution < 1.29 is 28.3 Å². The van der Waals surface area contributed by atoms with E-state index in [1.54, 1.807) is 44.2 Å². The van der Waals surface area contributed by atoms with Crippen molar-refractivity contribution in [2.45, 2.75) is 52.0 Å². The zero-order valence-electron chi connectivity index (χ0n) is 21.5. The third-order valence-electron chi connectivity index (χ3n) is 5.90. The Kier molecular flexibility index (Phi) is 10.2. The fourth-order valence-corrected chi connectivity index (χ4v) is 5.77. The highest BCUT2D eigenvalue weighted by Gasteiger charge is 2.24. The van der Waals surface area contributed by atoms with Crippen LogP contribution < -0.4 is 16.6 Å². The number of benzene rings is 1. The van der Waals surface area contributed by atoms with Gasteiger partial charge in [-0.05, 0) is 63.3 Å². The molecule has 1 aromatic carbocycles. The number of nitrogens with one attached hydrogen (secondary N) is 3. The first-order chi connectivity index (χ1) is 18.1. The number of aliphatic carboxylic acids is 1. The lowest BCUT2D eigenvalue weighted by Crippen LogP contribution is -2.40. The van der Waals surface area contributed by atoms with E-state index in [1.165, 1.54) is 0 Å². The van der Waals surface area contributed by atoms with Crippen LogP contribution in [0.2, 0.25) is 0 Å². The number of H-pyrrole nitrogens is 2. The minimum Gasteiger partial charge on any atom is -0.480 e. The Balaban J connectivity index is 1.51. The monoisotopic (exact) mass is 547 g/mol. The van der Waals surface area contributed by atoms with Crippen LogP contribution in [0.15, 0.2) is 35.1 Å². The lowest BCUT2D eigenvalue weighted by atomic mass is 10.0. The van der Waals surface area contributed by atoms with Crippen LogP contribution >= 0.6 is 7.60 Å². The third-order valence-corrected chi connectivity index (χ3v) is 8.07. The summed E-state index contributed by atoms with van der Waals surface area (Å²) in [6.45, 7) is 3.99. The first-order valence-corrected chi connectivity index (χ1v) is 14.2. The number of unbranched alkanes of at least 4 members (excludes halogenated alkanes) is 1. The highest BCUT2D eigenvalue weighted by atomic mass is 31.2. The standard InChI is InChI=1S/C25H34N5O7P/c1-3-36-38(35,37-4-2)14-6-5-7-20(24(33)34)28-22(31)17-11-8-16(9-12-17)10-13-18-15-19-21(27-18)29-25(26)30-23(19)32/h8-9,11-12,15,20H,3-7,10,13-14H2,1-2H3,(H,28,31)(H,33,34)(H4,26,27,29,30,32)/t20-/m0/s1. The third kappa shape index (κ3) is 8.01. The van der Waals surface area contributed by atoms with Gasteiger partial charge in [0.15, 0.2) is 0 Å². The molecule has 1 amide bonds. The van der Waals surface area contributed by atoms with Crippen molar-refractivity contribution in [3.8, 4) is 0 Å². The number of amides is 1. The van der Waals surface area contributed by atoms with Gasteiger partial charge in [0.25, 0.3) is 11.5 Å². The number of aromatic amines is 2. The van der Waals surface area contributed by atoms with E-state index in [9.17, 15) is 24.1 Å². The molecule has 2 heterocycles. The number of hydrogen-bond acceptors (Lipinski definition) is 8. The number of aromatic nitrogens is 3. The minimum atomic E-state index is -3.18. The van der Waals surface area contributed by atoms with Crippen LogP contribution in [0.1, 0.15) is 54.7 Å². The van der Waals surface area contributed by atoms with Crippen molar-refractivity contribution in [2.75, 3.05) is 25.1 Å². The van der Waals surface area contributed by atoms with Crippen molar-refractivity contribution >= 4 is 36.5 Å². The molecule has 0 saturated heterocycles. The van der Waals surface area contributed by atoms with Gasteiger partial charge in [0.2, 0.25) is 5.95 Å². The molecular formula is C25H34N5O7P. The summed E-state index contributed by atoms with van der Waals surface area (Å²) in [7, 11) is -3.18. The Bertz CT molecular complexity index is 1340. The number of nitrogen functional groups attached to an aromatic ring is 1. The molecule has 0 radical (unpaired) electrons. The van der Waals surface area contributed by atoms with E-state index in [4.69, 9.17) is 14.8 Å². The molecule has 0 fully saturated rings. The van der Waals surface area contributed by atoms with E-state index >= 15 is 0 Å². The summed E-state index contributed by atoms with van der Waals surface area (Å²) >= 11 is 0. The molecule has 6 N–H and O–H groups in total. The maximum absolute atomic E-state index is 12.7. The molecule has 13 heteroatoms. The minimum absolute atomic E-state index is 0.0452. The van der Waals surface area contributed by atoms with Gasteiger partial charge in [-0.1, -0.05) is 18.6 Å². The Morgan fingerprint density at radius 3 is 2.42 bits per heavy atom. The molecule has 206 valence electrons. The maximum Gasteiger partial charge on any atom is 0.330 e. The number of anilines is 1. The van der Waals surface area contributed by atoms with Crippen LogP contribution in [0, 0.1) is 0 Å². The molecule has 0 saturated carbocycles. The topological polar surface area (TPSA) is 189 Å². The van der Waals surface area contributed by atoms with Gasteiger partial charge in [-0.15, -0.1) is 0 Å². The van der Waals surface area contributed by atoms with Gasteiger partial charge in [-0.25, -0.2) is 4.79 Å². The van der Waals surface area contributed by atoms with Crippen molar-refractivity contribution in [3.05, 3.63) is 57.5 Å². The highest BCUT2D eigenvalue weighted by molar-refractivity contribution is 7.53. The second-order valence-electron chi connectivity index (χ2n) is 8.74. The number of hydrogen-bond donors (Lipinski definition) is 5. The Morgan fingerprint density at radius 2 is 1.79 bits per heavy atom. The van der Waals surface area contributed by atoms with Crippen molar-refractivity contribution in [1.82, 2.24) is 20.3 Å². The van der Waals surface area contributed by atoms with Gasteiger partial charge in [0.05, 0.1) is 24.8 Å². The fourth-order valence-electron chi connectivity index (χ4n) is 4.04. The largest absolute Gasteiger partial charge is 0.480 e. The highest BCUT2D eigenvalue weighted by Crippen LogP contribution is 2.48. The summed E-state index contributed by atoms with van der Waals surface area (Å²) in [5, 5.41) is 12.5. The van der Waals surface area contributed by atoms with E-state index in [2.05, 4.69) is 20.3 Å². The zero-order valence-corrected chi connectivity index (χ0v) is 22.4. The summed E-state index contributed by atoms with van der Waals surface area (Å²) in [5.74, 6) is -1.58. The number of carboxylic acid groups (broad SMARTS) is 1. The van der Waals surface area contributed by atoms with E-state index in [1.807, 2.05) is 0 Å². The molecule has 12 nitrogen and oxygen atoms in total. The molecule has 3 aromatic rings. The van der Waals surface area contributed by atoms with Crippen molar-refractivity contribution in [2.24, 2.45) is 0 Å². The number of aryl methyl sites for hydroxylation is 2. The summed E-state index contributed by atoms with van der Waals surface area (Å²) < 4.78 is 23.0.